The van der Waals surface area contributed by atoms with Gasteiger partial charge in [0.1, 0.15) is 0 Å². The lowest BCUT2D eigenvalue weighted by Crippen LogP contribution is -1.85. The van der Waals surface area contributed by atoms with E-state index < -0.39 is 0 Å². The molecule has 0 nitrogen and oxygen atoms in total. The Labute approximate surface area is 80.5 Å². The summed E-state index contributed by atoms with van der Waals surface area (Å²) < 4.78 is 1.19. The number of halogens is 1. The Kier molecular flexibility index (Phi) is 3.46. The van der Waals surface area contributed by atoms with Crippen LogP contribution in [0.1, 0.15) is 13.8 Å². The van der Waals surface area contributed by atoms with E-state index in [4.69, 9.17) is 0 Å². The summed E-state index contributed by atoms with van der Waals surface area (Å²) >= 11 is 5.38. The molecule has 0 aromatic heterocycles. The molecule has 0 saturated carbocycles. The Morgan fingerprint density at radius 1 is 1.27 bits per heavy atom. The predicted octanol–water partition coefficient (Wildman–Crippen LogP) is 3.95. The molecule has 0 unspecified atom stereocenters. The molecule has 0 radical (unpaired) electrons. The fraction of sp³-hybridized carbons (Fsp3) is 0.333. The minimum absolute atomic E-state index is 0.647. The molecule has 0 heterocycles. The topological polar surface area (TPSA) is 0 Å². The minimum Gasteiger partial charge on any atom is -0.122 e. The molecule has 0 aliphatic heterocycles. The van der Waals surface area contributed by atoms with E-state index in [0.29, 0.717) is 5.25 Å². The van der Waals surface area contributed by atoms with Gasteiger partial charge >= 0.3 is 0 Å². The van der Waals surface area contributed by atoms with Gasteiger partial charge in [-0.1, -0.05) is 26.0 Å². The predicted molar refractivity (Wildman–Crippen MR) is 55.1 cm³/mol. The normalized spacial score (nSPS) is 10.5. The molecule has 1 aromatic carbocycles. The molecule has 60 valence electrons. The summed E-state index contributed by atoms with van der Waals surface area (Å²) in [6.07, 6.45) is 0. The van der Waals surface area contributed by atoms with Gasteiger partial charge in [0.05, 0.1) is 0 Å². The highest BCUT2D eigenvalue weighted by Gasteiger charge is 2.00. The maximum atomic E-state index is 3.50. The summed E-state index contributed by atoms with van der Waals surface area (Å²) in [5, 5.41) is 0.647. The fourth-order valence-electron chi connectivity index (χ4n) is 0.794. The quantitative estimate of drug-likeness (QED) is 0.694. The molecule has 1 aromatic rings. The smallest absolute Gasteiger partial charge is 0.0311 e. The van der Waals surface area contributed by atoms with E-state index in [-0.39, 0.29) is 0 Å². The Morgan fingerprint density at radius 2 is 1.91 bits per heavy atom. The Morgan fingerprint density at radius 3 is 2.45 bits per heavy atom. The molecule has 0 aliphatic carbocycles. The van der Waals surface area contributed by atoms with Gasteiger partial charge in [-0.25, -0.2) is 0 Å². The molecule has 0 amide bonds. The van der Waals surface area contributed by atoms with Crippen LogP contribution in [0.4, 0.5) is 0 Å². The summed E-state index contributed by atoms with van der Waals surface area (Å²) in [7, 11) is 0. The summed E-state index contributed by atoms with van der Waals surface area (Å²) in [6.45, 7) is 4.40. The third kappa shape index (κ3) is 2.88. The van der Waals surface area contributed by atoms with Crippen molar-refractivity contribution in [1.82, 2.24) is 0 Å². The third-order valence-corrected chi connectivity index (χ3v) is 3.23. The standard InChI is InChI=1S/C9H11BrS/c1-7(2)11-9-6-4-3-5-8(9)10/h3-7H,1-2H3. The van der Waals surface area contributed by atoms with Crippen LogP contribution in [-0.2, 0) is 0 Å². The van der Waals surface area contributed by atoms with Crippen molar-refractivity contribution in [3.63, 3.8) is 0 Å². The van der Waals surface area contributed by atoms with Crippen molar-refractivity contribution in [3.05, 3.63) is 28.7 Å². The van der Waals surface area contributed by atoms with Crippen molar-refractivity contribution in [3.8, 4) is 0 Å². The first-order valence-electron chi connectivity index (χ1n) is 3.61. The zero-order valence-electron chi connectivity index (χ0n) is 6.67. The number of hydrogen-bond donors (Lipinski definition) is 0. The van der Waals surface area contributed by atoms with Crippen LogP contribution in [-0.4, -0.2) is 5.25 Å². The van der Waals surface area contributed by atoms with Gasteiger partial charge in [0.25, 0.3) is 0 Å². The molecule has 0 bridgehead atoms. The maximum absolute atomic E-state index is 3.50. The second-order valence-corrected chi connectivity index (χ2v) is 5.07. The molecule has 0 saturated heterocycles. The highest BCUT2D eigenvalue weighted by Crippen LogP contribution is 2.29. The lowest BCUT2D eigenvalue weighted by atomic mass is 10.4. The first kappa shape index (κ1) is 9.14. The van der Waals surface area contributed by atoms with Crippen LogP contribution in [0.15, 0.2) is 33.6 Å². The van der Waals surface area contributed by atoms with Gasteiger partial charge in [0, 0.05) is 14.6 Å². The minimum atomic E-state index is 0.647. The number of thioether (sulfide) groups is 1. The van der Waals surface area contributed by atoms with Crippen molar-refractivity contribution >= 4 is 27.7 Å². The summed E-state index contributed by atoms with van der Waals surface area (Å²) in [6, 6.07) is 8.31. The van der Waals surface area contributed by atoms with Gasteiger partial charge < -0.3 is 0 Å². The fourth-order valence-corrected chi connectivity index (χ4v) is 2.21. The third-order valence-electron chi connectivity index (χ3n) is 1.20. The van der Waals surface area contributed by atoms with Crippen molar-refractivity contribution < 1.29 is 0 Å². The van der Waals surface area contributed by atoms with Crippen molar-refractivity contribution in [2.75, 3.05) is 0 Å². The van der Waals surface area contributed by atoms with Crippen molar-refractivity contribution in [2.24, 2.45) is 0 Å². The molecule has 2 heteroatoms. The highest BCUT2D eigenvalue weighted by atomic mass is 79.9. The van der Waals surface area contributed by atoms with Crippen LogP contribution in [0.5, 0.6) is 0 Å². The van der Waals surface area contributed by atoms with E-state index in [2.05, 4.69) is 48.0 Å². The van der Waals surface area contributed by atoms with Crippen LogP contribution >= 0.6 is 27.7 Å². The number of benzene rings is 1. The van der Waals surface area contributed by atoms with E-state index in [1.807, 2.05) is 17.8 Å². The lowest BCUT2D eigenvalue weighted by Gasteiger charge is -2.05. The molecule has 0 atom stereocenters. The highest BCUT2D eigenvalue weighted by molar-refractivity contribution is 9.10. The average Bonchev–Trinajstić information content (AvgIpc) is 1.93. The molecular formula is C9H11BrS. The molecule has 1 rings (SSSR count). The van der Waals surface area contributed by atoms with E-state index in [9.17, 15) is 0 Å². The van der Waals surface area contributed by atoms with Crippen LogP contribution < -0.4 is 0 Å². The van der Waals surface area contributed by atoms with Gasteiger partial charge in [0.15, 0.2) is 0 Å². The van der Waals surface area contributed by atoms with E-state index in [0.717, 1.165) is 0 Å². The van der Waals surface area contributed by atoms with Crippen LogP contribution in [0, 0.1) is 0 Å². The lowest BCUT2D eigenvalue weighted by molar-refractivity contribution is 1.11. The largest absolute Gasteiger partial charge is 0.122 e. The Bertz CT molecular complexity index is 233. The summed E-state index contributed by atoms with van der Waals surface area (Å²) in [5.41, 5.74) is 0. The molecule has 0 aliphatic rings. The summed E-state index contributed by atoms with van der Waals surface area (Å²) in [5.74, 6) is 0. The molecular weight excluding hydrogens is 220 g/mol. The number of hydrogen-bond acceptors (Lipinski definition) is 1. The second kappa shape index (κ2) is 4.17. The van der Waals surface area contributed by atoms with Crippen LogP contribution in [0.3, 0.4) is 0 Å². The monoisotopic (exact) mass is 230 g/mol. The van der Waals surface area contributed by atoms with E-state index in [1.54, 1.807) is 0 Å². The van der Waals surface area contributed by atoms with Gasteiger partial charge in [-0.2, -0.15) is 0 Å². The summed E-state index contributed by atoms with van der Waals surface area (Å²) in [4.78, 5) is 1.32. The molecule has 0 spiro atoms. The van der Waals surface area contributed by atoms with Gasteiger partial charge in [0.2, 0.25) is 0 Å². The Balaban J connectivity index is 2.78. The number of rotatable bonds is 2. The van der Waals surface area contributed by atoms with Crippen molar-refractivity contribution in [2.45, 2.75) is 24.0 Å². The zero-order chi connectivity index (χ0) is 8.27. The average molecular weight is 231 g/mol. The van der Waals surface area contributed by atoms with Gasteiger partial charge in [-0.15, -0.1) is 11.8 Å². The first-order chi connectivity index (χ1) is 5.20. The first-order valence-corrected chi connectivity index (χ1v) is 5.28. The zero-order valence-corrected chi connectivity index (χ0v) is 9.08. The van der Waals surface area contributed by atoms with Crippen LogP contribution in [0.25, 0.3) is 0 Å². The molecule has 0 N–H and O–H groups in total. The maximum Gasteiger partial charge on any atom is 0.0311 e. The SMILES string of the molecule is CC(C)Sc1ccccc1Br. The van der Waals surface area contributed by atoms with Crippen LogP contribution in [0.2, 0.25) is 0 Å². The van der Waals surface area contributed by atoms with E-state index in [1.165, 1.54) is 9.37 Å². The van der Waals surface area contributed by atoms with E-state index >= 15 is 0 Å². The van der Waals surface area contributed by atoms with Gasteiger partial charge in [-0.05, 0) is 28.1 Å². The molecule has 0 fully saturated rings. The Hall–Kier alpha value is 0.0500. The van der Waals surface area contributed by atoms with Crippen molar-refractivity contribution in [1.29, 1.82) is 0 Å². The second-order valence-electron chi connectivity index (χ2n) is 2.60. The van der Waals surface area contributed by atoms with Gasteiger partial charge in [-0.3, -0.25) is 0 Å². The molecule has 11 heavy (non-hydrogen) atoms.